The molecule has 2 rings (SSSR count). The van der Waals surface area contributed by atoms with Gasteiger partial charge in [-0.1, -0.05) is 48.6 Å². The topological polar surface area (TPSA) is 75.6 Å². The van der Waals surface area contributed by atoms with Gasteiger partial charge in [0, 0.05) is 11.8 Å². The summed E-state index contributed by atoms with van der Waals surface area (Å²) in [6.07, 6.45) is 4.95. The molecule has 134 valence electrons. The van der Waals surface area contributed by atoms with Gasteiger partial charge in [-0.25, -0.2) is 4.79 Å². The smallest absolute Gasteiger partial charge is 0.342 e. The summed E-state index contributed by atoms with van der Waals surface area (Å²) >= 11 is 0.969. The number of carbonyl (C=O) groups is 2. The number of carboxylic acids is 1. The van der Waals surface area contributed by atoms with Crippen LogP contribution in [0.25, 0.3) is 6.08 Å². The fourth-order valence-corrected chi connectivity index (χ4v) is 2.69. The second kappa shape index (κ2) is 10.1. The highest BCUT2D eigenvalue weighted by molar-refractivity contribution is 8.04. The molecule has 0 aliphatic rings. The second-order valence-electron chi connectivity index (χ2n) is 5.17. The number of aliphatic carboxylic acids is 1. The van der Waals surface area contributed by atoms with Gasteiger partial charge in [-0.3, -0.25) is 4.79 Å². The summed E-state index contributed by atoms with van der Waals surface area (Å²) in [5.74, 6) is -0.730. The summed E-state index contributed by atoms with van der Waals surface area (Å²) in [6, 6.07) is 16.5. The number of carbonyl (C=O) groups excluding carboxylic acids is 1. The molecular formula is C20H19NO4S. The van der Waals surface area contributed by atoms with Gasteiger partial charge in [-0.2, -0.15) is 0 Å². The van der Waals surface area contributed by atoms with E-state index in [1.165, 1.54) is 6.08 Å². The number of carboxylic acid groups (broad SMARTS) is 1. The third-order valence-corrected chi connectivity index (χ3v) is 4.29. The van der Waals surface area contributed by atoms with Gasteiger partial charge >= 0.3 is 5.97 Å². The first kappa shape index (κ1) is 19.3. The molecule has 0 atom stereocenters. The summed E-state index contributed by atoms with van der Waals surface area (Å²) in [4.78, 5) is 23.4. The van der Waals surface area contributed by atoms with E-state index in [4.69, 9.17) is 4.74 Å². The molecule has 1 amide bonds. The summed E-state index contributed by atoms with van der Waals surface area (Å²) < 4.78 is 5.10. The molecule has 2 N–H and O–H groups in total. The number of ether oxygens (including phenoxy) is 1. The number of amides is 1. The quantitative estimate of drug-likeness (QED) is 0.542. The zero-order valence-corrected chi connectivity index (χ0v) is 15.0. The van der Waals surface area contributed by atoms with Crippen LogP contribution < -0.4 is 10.1 Å². The highest BCUT2D eigenvalue weighted by Crippen LogP contribution is 2.19. The van der Waals surface area contributed by atoms with Crippen molar-refractivity contribution in [1.29, 1.82) is 0 Å². The van der Waals surface area contributed by atoms with Crippen molar-refractivity contribution in [2.45, 2.75) is 0 Å². The molecule has 6 heteroatoms. The average molecular weight is 369 g/mol. The number of allylic oxidation sites excluding steroid dienone is 2. The summed E-state index contributed by atoms with van der Waals surface area (Å²) in [6.45, 7) is 0. The van der Waals surface area contributed by atoms with E-state index in [1.807, 2.05) is 30.3 Å². The lowest BCUT2D eigenvalue weighted by Crippen LogP contribution is -2.15. The van der Waals surface area contributed by atoms with Crippen LogP contribution >= 0.6 is 11.8 Å². The molecule has 26 heavy (non-hydrogen) atoms. The molecule has 2 aromatic carbocycles. The standard InChI is InChI=1S/C20H19NO4S/c1-25-17-11-6-10-16(13-17)21-19(22)14-26-18(20(23)24)12-5-9-15-7-3-2-4-8-15/h2-13H,14H2,1H3,(H,21,22)(H,23,24)/b9-5+,18-12+. The Kier molecular flexibility index (Phi) is 7.51. The van der Waals surface area contributed by atoms with E-state index in [2.05, 4.69) is 5.32 Å². The molecule has 0 spiro atoms. The highest BCUT2D eigenvalue weighted by Gasteiger charge is 2.11. The second-order valence-corrected chi connectivity index (χ2v) is 6.19. The molecule has 2 aromatic rings. The van der Waals surface area contributed by atoms with Crippen LogP contribution in [0.5, 0.6) is 5.75 Å². The van der Waals surface area contributed by atoms with Crippen molar-refractivity contribution in [3.05, 3.63) is 77.2 Å². The molecule has 0 fully saturated rings. The zero-order chi connectivity index (χ0) is 18.8. The molecule has 0 radical (unpaired) electrons. The van der Waals surface area contributed by atoms with E-state index in [-0.39, 0.29) is 16.6 Å². The van der Waals surface area contributed by atoms with Crippen molar-refractivity contribution in [3.8, 4) is 5.75 Å². The third-order valence-electron chi connectivity index (χ3n) is 3.26. The minimum Gasteiger partial charge on any atom is -0.497 e. The van der Waals surface area contributed by atoms with Crippen LogP contribution in [0.3, 0.4) is 0 Å². The monoisotopic (exact) mass is 369 g/mol. The summed E-state index contributed by atoms with van der Waals surface area (Å²) in [5, 5.41) is 12.0. The minimum absolute atomic E-state index is 0.00544. The molecule has 0 aromatic heterocycles. The maximum atomic E-state index is 12.0. The Morgan fingerprint density at radius 1 is 1.15 bits per heavy atom. The van der Waals surface area contributed by atoms with Gasteiger partial charge < -0.3 is 15.2 Å². The predicted molar refractivity (Wildman–Crippen MR) is 105 cm³/mol. The van der Waals surface area contributed by atoms with Crippen molar-refractivity contribution >= 4 is 35.4 Å². The largest absolute Gasteiger partial charge is 0.497 e. The van der Waals surface area contributed by atoms with Gasteiger partial charge in [0.1, 0.15) is 5.75 Å². The lowest BCUT2D eigenvalue weighted by atomic mass is 10.2. The van der Waals surface area contributed by atoms with Crippen molar-refractivity contribution in [3.63, 3.8) is 0 Å². The summed E-state index contributed by atoms with van der Waals surface area (Å²) in [5.41, 5.74) is 1.56. The number of rotatable bonds is 8. The zero-order valence-electron chi connectivity index (χ0n) is 14.2. The number of anilines is 1. The van der Waals surface area contributed by atoms with Gasteiger partial charge in [0.05, 0.1) is 17.8 Å². The predicted octanol–water partition coefficient (Wildman–Crippen LogP) is 4.05. The van der Waals surface area contributed by atoms with Gasteiger partial charge in [-0.05, 0) is 23.8 Å². The lowest BCUT2D eigenvalue weighted by Gasteiger charge is -2.07. The Hall–Kier alpha value is -2.99. The van der Waals surface area contributed by atoms with Gasteiger partial charge in [0.15, 0.2) is 0 Å². The minimum atomic E-state index is -1.07. The Morgan fingerprint density at radius 2 is 1.92 bits per heavy atom. The Labute approximate surface area is 156 Å². The molecule has 0 aliphatic heterocycles. The van der Waals surface area contributed by atoms with Crippen molar-refractivity contribution in [2.75, 3.05) is 18.2 Å². The number of hydrogen-bond donors (Lipinski definition) is 2. The van der Waals surface area contributed by atoms with Crippen LogP contribution in [0, 0.1) is 0 Å². The Morgan fingerprint density at radius 3 is 2.62 bits per heavy atom. The first-order valence-corrected chi connectivity index (χ1v) is 8.80. The lowest BCUT2D eigenvalue weighted by molar-refractivity contribution is -0.131. The average Bonchev–Trinajstić information content (AvgIpc) is 2.65. The van der Waals surface area contributed by atoms with E-state index in [0.29, 0.717) is 11.4 Å². The van der Waals surface area contributed by atoms with Crippen LogP contribution in [0.15, 0.2) is 71.7 Å². The van der Waals surface area contributed by atoms with Crippen LogP contribution in [0.1, 0.15) is 5.56 Å². The Balaban J connectivity index is 1.93. The number of thioether (sulfide) groups is 1. The maximum absolute atomic E-state index is 12.0. The molecule has 0 saturated carbocycles. The van der Waals surface area contributed by atoms with Crippen LogP contribution in [0.4, 0.5) is 5.69 Å². The number of nitrogens with one attached hydrogen (secondary N) is 1. The van der Waals surface area contributed by atoms with E-state index < -0.39 is 5.97 Å². The van der Waals surface area contributed by atoms with E-state index >= 15 is 0 Å². The first-order valence-electron chi connectivity index (χ1n) is 7.82. The molecule has 0 bridgehead atoms. The van der Waals surface area contributed by atoms with Crippen molar-refractivity contribution in [1.82, 2.24) is 0 Å². The number of benzene rings is 2. The highest BCUT2D eigenvalue weighted by atomic mass is 32.2. The molecule has 0 saturated heterocycles. The van der Waals surface area contributed by atoms with Crippen LogP contribution in [-0.2, 0) is 9.59 Å². The normalized spacial score (nSPS) is 11.3. The molecule has 0 aliphatic carbocycles. The van der Waals surface area contributed by atoms with Gasteiger partial charge in [-0.15, -0.1) is 11.8 Å². The summed E-state index contributed by atoms with van der Waals surface area (Å²) in [7, 11) is 1.55. The fourth-order valence-electron chi connectivity index (χ4n) is 2.03. The van der Waals surface area contributed by atoms with E-state index in [0.717, 1.165) is 17.3 Å². The molecular weight excluding hydrogens is 350 g/mol. The van der Waals surface area contributed by atoms with Crippen LogP contribution in [-0.4, -0.2) is 29.8 Å². The third kappa shape index (κ3) is 6.49. The molecule has 0 unspecified atom stereocenters. The van der Waals surface area contributed by atoms with E-state index in [1.54, 1.807) is 43.5 Å². The number of hydrogen-bond acceptors (Lipinski definition) is 4. The molecule has 5 nitrogen and oxygen atoms in total. The van der Waals surface area contributed by atoms with Crippen molar-refractivity contribution in [2.24, 2.45) is 0 Å². The van der Waals surface area contributed by atoms with E-state index in [9.17, 15) is 14.7 Å². The van der Waals surface area contributed by atoms with Crippen molar-refractivity contribution < 1.29 is 19.4 Å². The fraction of sp³-hybridized carbons (Fsp3) is 0.100. The SMILES string of the molecule is COc1cccc(NC(=O)CS/C(=C/C=C/c2ccccc2)C(=O)O)c1. The van der Waals surface area contributed by atoms with Gasteiger partial charge in [0.2, 0.25) is 5.91 Å². The van der Waals surface area contributed by atoms with Gasteiger partial charge in [0.25, 0.3) is 0 Å². The van der Waals surface area contributed by atoms with Crippen LogP contribution in [0.2, 0.25) is 0 Å². The first-order chi connectivity index (χ1) is 12.6. The maximum Gasteiger partial charge on any atom is 0.342 e. The Bertz CT molecular complexity index is 816. The molecule has 0 heterocycles. The number of methoxy groups -OCH3 is 1.